The molecule has 8 nitrogen and oxygen atoms in total. The monoisotopic (exact) mass is 597 g/mol. The summed E-state index contributed by atoms with van der Waals surface area (Å²) >= 11 is 6.74. The van der Waals surface area contributed by atoms with Gasteiger partial charge in [-0.15, -0.1) is 13.2 Å². The highest BCUT2D eigenvalue weighted by Crippen LogP contribution is 2.39. The first-order valence-electron chi connectivity index (χ1n) is 13.3. The third-order valence-corrected chi connectivity index (χ3v) is 7.13. The summed E-state index contributed by atoms with van der Waals surface area (Å²) in [6, 6.07) is 21.0. The predicted molar refractivity (Wildman–Crippen MR) is 155 cm³/mol. The van der Waals surface area contributed by atoms with Gasteiger partial charge in [0.05, 0.1) is 30.1 Å². The van der Waals surface area contributed by atoms with Gasteiger partial charge in [-0.3, -0.25) is 4.90 Å². The smallest absolute Gasteiger partial charge is 0.492 e. The van der Waals surface area contributed by atoms with Crippen molar-refractivity contribution in [3.05, 3.63) is 84.0 Å². The number of halogens is 4. The Morgan fingerprint density at radius 2 is 1.74 bits per heavy atom. The van der Waals surface area contributed by atoms with Gasteiger partial charge in [0, 0.05) is 47.5 Å². The van der Waals surface area contributed by atoms with Gasteiger partial charge >= 0.3 is 6.36 Å². The van der Waals surface area contributed by atoms with E-state index in [1.165, 1.54) is 24.3 Å². The molecule has 5 aromatic rings. The Hall–Kier alpha value is -4.19. The van der Waals surface area contributed by atoms with Crippen molar-refractivity contribution >= 4 is 33.9 Å². The molecule has 3 aromatic carbocycles. The zero-order valence-corrected chi connectivity index (χ0v) is 23.1. The number of fused-ring (bicyclic) bond motifs is 1. The third-order valence-electron chi connectivity index (χ3n) is 6.85. The van der Waals surface area contributed by atoms with Crippen LogP contribution in [0.2, 0.25) is 5.02 Å². The lowest BCUT2D eigenvalue weighted by atomic mass is 10.1. The molecule has 42 heavy (non-hydrogen) atoms. The number of nitrogens with zero attached hydrogens (tertiary/aromatic N) is 3. The molecule has 0 saturated carbocycles. The minimum atomic E-state index is -4.76. The highest BCUT2D eigenvalue weighted by molar-refractivity contribution is 6.33. The van der Waals surface area contributed by atoms with Crippen LogP contribution in [0.3, 0.4) is 0 Å². The van der Waals surface area contributed by atoms with E-state index in [4.69, 9.17) is 21.1 Å². The average Bonchev–Trinajstić information content (AvgIpc) is 3.58. The normalized spacial score (nSPS) is 14.3. The summed E-state index contributed by atoms with van der Waals surface area (Å²) in [4.78, 5) is 5.68. The van der Waals surface area contributed by atoms with E-state index in [1.807, 2.05) is 48.5 Å². The zero-order chi connectivity index (χ0) is 29.1. The number of hydrogen-bond acceptors (Lipinski definition) is 6. The van der Waals surface area contributed by atoms with E-state index in [0.717, 1.165) is 36.4 Å². The van der Waals surface area contributed by atoms with Gasteiger partial charge in [-0.05, 0) is 54.6 Å². The Labute approximate surface area is 244 Å². The predicted octanol–water partition coefficient (Wildman–Crippen LogP) is 7.03. The summed E-state index contributed by atoms with van der Waals surface area (Å²) in [5.41, 5.74) is 3.53. The van der Waals surface area contributed by atoms with E-state index in [-0.39, 0.29) is 5.75 Å². The number of alkyl halides is 3. The van der Waals surface area contributed by atoms with Crippen LogP contribution >= 0.6 is 11.6 Å². The number of anilines is 2. The minimum Gasteiger partial charge on any atom is -0.492 e. The molecule has 1 aliphatic heterocycles. The Kier molecular flexibility index (Phi) is 7.96. The molecule has 2 aromatic heterocycles. The molecule has 0 unspecified atom stereocenters. The van der Waals surface area contributed by atoms with Gasteiger partial charge in [-0.2, -0.15) is 5.10 Å². The Balaban J connectivity index is 1.32. The van der Waals surface area contributed by atoms with Gasteiger partial charge in [0.2, 0.25) is 0 Å². The molecular weight excluding hydrogens is 571 g/mol. The maximum absolute atomic E-state index is 12.6. The van der Waals surface area contributed by atoms with Crippen molar-refractivity contribution in [1.29, 1.82) is 0 Å². The van der Waals surface area contributed by atoms with E-state index >= 15 is 0 Å². The number of para-hydroxylation sites is 1. The van der Waals surface area contributed by atoms with Gasteiger partial charge in [-0.1, -0.05) is 29.8 Å². The maximum atomic E-state index is 12.6. The van der Waals surface area contributed by atoms with Crippen molar-refractivity contribution in [1.82, 2.24) is 19.7 Å². The van der Waals surface area contributed by atoms with Gasteiger partial charge in [-0.25, -0.2) is 4.68 Å². The van der Waals surface area contributed by atoms with Crippen LogP contribution in [0.15, 0.2) is 79.0 Å². The standard InChI is InChI=1S/C30H27ClF3N5O3/c31-25-19-35-39(28-17-20-3-1-2-4-26(20)37-28)29(25)24-18-22(36-21-5-8-23(9-6-21)42-30(32,33)34)7-10-27(24)41-16-13-38-11-14-40-15-12-38/h1-10,17-19,36-37H,11-16H2. The van der Waals surface area contributed by atoms with E-state index in [1.54, 1.807) is 10.9 Å². The van der Waals surface area contributed by atoms with Crippen LogP contribution in [-0.4, -0.2) is 65.5 Å². The number of ether oxygens (including phenoxy) is 3. The van der Waals surface area contributed by atoms with Crippen LogP contribution in [0, 0.1) is 0 Å². The van der Waals surface area contributed by atoms with Crippen LogP contribution in [0.5, 0.6) is 11.5 Å². The second kappa shape index (κ2) is 12.0. The molecule has 0 atom stereocenters. The lowest BCUT2D eigenvalue weighted by Gasteiger charge is -2.26. The second-order valence-corrected chi connectivity index (χ2v) is 10.1. The first-order chi connectivity index (χ1) is 20.3. The van der Waals surface area contributed by atoms with Gasteiger partial charge in [0.25, 0.3) is 0 Å². The minimum absolute atomic E-state index is 0.299. The SMILES string of the molecule is FC(F)(F)Oc1ccc(Nc2ccc(OCCN3CCOCC3)c(-c3c(Cl)cnn3-c3cc4ccccc4[nH]3)c2)cc1. The fourth-order valence-corrected chi connectivity index (χ4v) is 5.09. The molecule has 12 heteroatoms. The van der Waals surface area contributed by atoms with Gasteiger partial charge < -0.3 is 24.5 Å². The molecule has 0 radical (unpaired) electrons. The van der Waals surface area contributed by atoms with Crippen molar-refractivity contribution in [3.8, 4) is 28.6 Å². The van der Waals surface area contributed by atoms with Crippen molar-refractivity contribution in [2.24, 2.45) is 0 Å². The summed E-state index contributed by atoms with van der Waals surface area (Å²) in [6.07, 6.45) is -3.17. The summed E-state index contributed by atoms with van der Waals surface area (Å²) < 4.78 is 55.2. The van der Waals surface area contributed by atoms with E-state index in [2.05, 4.69) is 25.0 Å². The third kappa shape index (κ3) is 6.48. The van der Waals surface area contributed by atoms with Crippen LogP contribution in [-0.2, 0) is 4.74 Å². The number of benzene rings is 3. The topological polar surface area (TPSA) is 76.6 Å². The van der Waals surface area contributed by atoms with Crippen molar-refractivity contribution in [2.75, 3.05) is 44.8 Å². The van der Waals surface area contributed by atoms with Gasteiger partial charge in [0.1, 0.15) is 23.9 Å². The molecular formula is C30H27ClF3N5O3. The Morgan fingerprint density at radius 3 is 2.50 bits per heavy atom. The summed E-state index contributed by atoms with van der Waals surface area (Å²) in [5, 5.41) is 9.25. The van der Waals surface area contributed by atoms with Crippen molar-refractivity contribution in [3.63, 3.8) is 0 Å². The Morgan fingerprint density at radius 1 is 0.976 bits per heavy atom. The summed E-state index contributed by atoms with van der Waals surface area (Å²) in [6.45, 7) is 4.31. The van der Waals surface area contributed by atoms with Crippen molar-refractivity contribution < 1.29 is 27.4 Å². The van der Waals surface area contributed by atoms with E-state index < -0.39 is 6.36 Å². The highest BCUT2D eigenvalue weighted by Gasteiger charge is 2.31. The van der Waals surface area contributed by atoms with Crippen LogP contribution in [0.1, 0.15) is 0 Å². The largest absolute Gasteiger partial charge is 0.573 e. The molecule has 0 aliphatic carbocycles. The molecule has 1 aliphatic rings. The van der Waals surface area contributed by atoms with E-state index in [0.29, 0.717) is 53.2 Å². The number of aromatic amines is 1. The fraction of sp³-hybridized carbons (Fsp3) is 0.233. The maximum Gasteiger partial charge on any atom is 0.573 e. The van der Waals surface area contributed by atoms with Crippen LogP contribution in [0.25, 0.3) is 28.0 Å². The van der Waals surface area contributed by atoms with Crippen LogP contribution in [0.4, 0.5) is 24.5 Å². The summed E-state index contributed by atoms with van der Waals surface area (Å²) in [5.74, 6) is 1.05. The first kappa shape index (κ1) is 28.0. The highest BCUT2D eigenvalue weighted by atomic mass is 35.5. The molecule has 218 valence electrons. The zero-order valence-electron chi connectivity index (χ0n) is 22.3. The lowest BCUT2D eigenvalue weighted by Crippen LogP contribution is -2.38. The first-order valence-corrected chi connectivity index (χ1v) is 13.7. The van der Waals surface area contributed by atoms with E-state index in [9.17, 15) is 13.2 Å². The quantitative estimate of drug-likeness (QED) is 0.190. The number of rotatable bonds is 9. The number of nitrogens with one attached hydrogen (secondary N) is 2. The fourth-order valence-electron chi connectivity index (χ4n) is 4.86. The molecule has 6 rings (SSSR count). The number of H-pyrrole nitrogens is 1. The summed E-state index contributed by atoms with van der Waals surface area (Å²) in [7, 11) is 0. The molecule has 1 fully saturated rings. The molecule has 0 bridgehead atoms. The van der Waals surface area contributed by atoms with Crippen LogP contribution < -0.4 is 14.8 Å². The molecule has 2 N–H and O–H groups in total. The molecule has 1 saturated heterocycles. The Bertz CT molecular complexity index is 1630. The van der Waals surface area contributed by atoms with Gasteiger partial charge in [0.15, 0.2) is 0 Å². The van der Waals surface area contributed by atoms with Crippen molar-refractivity contribution in [2.45, 2.75) is 6.36 Å². The number of hydrogen-bond donors (Lipinski definition) is 2. The second-order valence-electron chi connectivity index (χ2n) is 9.71. The molecule has 3 heterocycles. The number of morpholine rings is 1. The molecule has 0 amide bonds. The lowest BCUT2D eigenvalue weighted by molar-refractivity contribution is -0.274. The number of aromatic nitrogens is 3. The molecule has 0 spiro atoms. The average molecular weight is 598 g/mol.